The molecular formula is C21H18F6O6S2Zr. The summed E-state index contributed by atoms with van der Waals surface area (Å²) < 4.78 is 121. The van der Waals surface area contributed by atoms with Crippen LogP contribution in [0.15, 0.2) is 60.7 Å². The monoisotopic (exact) mass is 634 g/mol. The molecule has 0 saturated carbocycles. The maximum atomic E-state index is 10.7. The molecule has 15 heteroatoms. The fourth-order valence-corrected chi connectivity index (χ4v) is 9.23. The van der Waals surface area contributed by atoms with Crippen molar-refractivity contribution in [1.29, 1.82) is 0 Å². The fourth-order valence-electron chi connectivity index (χ4n) is 3.34. The van der Waals surface area contributed by atoms with Gasteiger partial charge in [0, 0.05) is 0 Å². The summed E-state index contributed by atoms with van der Waals surface area (Å²) in [4.78, 5) is 0. The van der Waals surface area contributed by atoms with Gasteiger partial charge >= 0.3 is 159 Å². The molecule has 0 heterocycles. The Morgan fingerprint density at radius 1 is 0.667 bits per heavy atom. The van der Waals surface area contributed by atoms with Crippen LogP contribution in [0.1, 0.15) is 29.5 Å². The first-order valence-corrected chi connectivity index (χ1v) is 17.1. The summed E-state index contributed by atoms with van der Waals surface area (Å²) in [6.07, 6.45) is 9.38. The van der Waals surface area contributed by atoms with Crippen LogP contribution in [0.3, 0.4) is 0 Å². The summed E-state index contributed by atoms with van der Waals surface area (Å²) in [5.41, 5.74) is -5.26. The van der Waals surface area contributed by atoms with Gasteiger partial charge in [-0.1, -0.05) is 0 Å². The van der Waals surface area contributed by atoms with E-state index in [1.807, 2.05) is 0 Å². The minimum absolute atomic E-state index is 0.620. The van der Waals surface area contributed by atoms with Crippen LogP contribution in [0.2, 0.25) is 0 Å². The van der Waals surface area contributed by atoms with Gasteiger partial charge in [-0.3, -0.25) is 9.11 Å². The second kappa shape index (κ2) is 11.2. The third kappa shape index (κ3) is 7.54. The van der Waals surface area contributed by atoms with Gasteiger partial charge in [0.05, 0.1) is 0 Å². The van der Waals surface area contributed by atoms with E-state index < -0.39 is 52.5 Å². The van der Waals surface area contributed by atoms with E-state index in [4.69, 9.17) is 30.2 Å². The van der Waals surface area contributed by atoms with Gasteiger partial charge in [-0.2, -0.15) is 43.2 Å². The number of hydrogen-bond acceptors (Lipinski definition) is 4. The molecule has 6 nitrogen and oxygen atoms in total. The van der Waals surface area contributed by atoms with Crippen LogP contribution in [0, 0.1) is 0 Å². The molecule has 4 rings (SSSR count). The maximum absolute atomic E-state index is 10.7. The molecule has 2 atom stereocenters. The number of fused-ring (bicyclic) bond motifs is 2. The molecule has 0 amide bonds. The third-order valence-electron chi connectivity index (χ3n) is 4.98. The van der Waals surface area contributed by atoms with Crippen molar-refractivity contribution in [2.45, 2.75) is 18.3 Å². The van der Waals surface area contributed by atoms with Crippen LogP contribution in [0.5, 0.6) is 0 Å². The molecule has 36 heavy (non-hydrogen) atoms. The Kier molecular flexibility index (Phi) is 9.44. The molecule has 0 saturated heterocycles. The number of allylic oxidation sites excluding steroid dienone is 2. The van der Waals surface area contributed by atoms with Gasteiger partial charge in [-0.25, -0.2) is 0 Å². The van der Waals surface area contributed by atoms with E-state index in [2.05, 4.69) is 72.8 Å². The third-order valence-corrected chi connectivity index (χ3v) is 12.6. The summed E-state index contributed by atoms with van der Waals surface area (Å²) >= 11 is -1.85. The zero-order valence-electron chi connectivity index (χ0n) is 17.9. The first-order chi connectivity index (χ1) is 16.3. The number of alkyl halides is 6. The molecule has 0 radical (unpaired) electrons. The van der Waals surface area contributed by atoms with Crippen molar-refractivity contribution < 1.29 is 73.6 Å². The fraction of sp³-hybridized carbons (Fsp3) is 0.190. The molecule has 2 N–H and O–H groups in total. The molecule has 2 unspecified atom stereocenters. The second-order valence-electron chi connectivity index (χ2n) is 7.35. The number of halogens is 6. The van der Waals surface area contributed by atoms with Crippen LogP contribution < -0.4 is 0 Å². The number of rotatable bonds is 2. The Bertz CT molecular complexity index is 1290. The van der Waals surface area contributed by atoms with E-state index >= 15 is 0 Å². The molecule has 2 aliphatic rings. The van der Waals surface area contributed by atoms with E-state index in [-0.39, 0.29) is 0 Å². The summed E-state index contributed by atoms with van der Waals surface area (Å²) in [7, 11) is -11.7. The summed E-state index contributed by atoms with van der Waals surface area (Å²) in [5, 5.41) is 0. The molecule has 2 aromatic rings. The standard InChI is InChI=1S/2C9H7.2CHF3O3S.CH2.Zr/c2*1-2-5-9-7-3-6-8(9)4-1;2*2-1(3,4)8(5,6)7;;/h2*1-7H;2*(H,5,6,7);1H2;. The molecule has 2 aliphatic carbocycles. The van der Waals surface area contributed by atoms with Crippen LogP contribution in [0.25, 0.3) is 12.2 Å². The normalized spacial score (nSPS) is 18.3. The van der Waals surface area contributed by atoms with Crippen molar-refractivity contribution in [1.82, 2.24) is 0 Å². The second-order valence-corrected chi connectivity index (χ2v) is 16.1. The SMILES string of the molecule is O=S(=O)(O)C(F)(F)F.O=S(=O)(O)C(F)(F)F.[CH2]=[Zr]([CH]1C=Cc2ccccc21)[CH]1C=Cc2ccccc21. The summed E-state index contributed by atoms with van der Waals surface area (Å²) in [6, 6.07) is 17.6. The number of benzene rings is 2. The predicted molar refractivity (Wildman–Crippen MR) is 119 cm³/mol. The van der Waals surface area contributed by atoms with Crippen molar-refractivity contribution in [3.05, 3.63) is 82.9 Å². The van der Waals surface area contributed by atoms with E-state index in [1.54, 1.807) is 0 Å². The Balaban J connectivity index is 0.000000239. The van der Waals surface area contributed by atoms with Crippen molar-refractivity contribution in [3.8, 4) is 0 Å². The van der Waals surface area contributed by atoms with Crippen LogP contribution in [0.4, 0.5) is 26.3 Å². The van der Waals surface area contributed by atoms with E-state index in [0.717, 1.165) is 0 Å². The molecule has 0 bridgehead atoms. The quantitative estimate of drug-likeness (QED) is 0.261. The topological polar surface area (TPSA) is 109 Å². The average molecular weight is 636 g/mol. The molecular weight excluding hydrogens is 618 g/mol. The van der Waals surface area contributed by atoms with Crippen molar-refractivity contribution in [2.24, 2.45) is 0 Å². The molecule has 0 fully saturated rings. The molecule has 2 aromatic carbocycles. The van der Waals surface area contributed by atoms with Gasteiger partial charge in [0.25, 0.3) is 0 Å². The number of hydrogen-bond donors (Lipinski definition) is 2. The first kappa shape index (κ1) is 30.3. The van der Waals surface area contributed by atoms with Crippen molar-refractivity contribution in [3.63, 3.8) is 0 Å². The Morgan fingerprint density at radius 3 is 1.22 bits per heavy atom. The van der Waals surface area contributed by atoms with Gasteiger partial charge in [-0.15, -0.1) is 0 Å². The molecule has 0 aromatic heterocycles. The van der Waals surface area contributed by atoms with E-state index in [0.29, 0.717) is 7.25 Å². The van der Waals surface area contributed by atoms with Gasteiger partial charge in [0.2, 0.25) is 0 Å². The van der Waals surface area contributed by atoms with Gasteiger partial charge in [0.1, 0.15) is 0 Å². The van der Waals surface area contributed by atoms with Crippen LogP contribution >= 0.6 is 0 Å². The minimum atomic E-state index is -5.84. The van der Waals surface area contributed by atoms with Crippen LogP contribution in [-0.4, -0.2) is 41.2 Å². The molecule has 0 spiro atoms. The zero-order chi connectivity index (χ0) is 27.5. The molecule has 196 valence electrons. The first-order valence-electron chi connectivity index (χ1n) is 9.65. The Hall–Kier alpha value is -1.93. The summed E-state index contributed by atoms with van der Waals surface area (Å²) in [6.45, 7) is 0. The van der Waals surface area contributed by atoms with E-state index in [1.165, 1.54) is 22.3 Å². The Labute approximate surface area is 210 Å². The van der Waals surface area contributed by atoms with Gasteiger partial charge < -0.3 is 0 Å². The Morgan fingerprint density at radius 2 is 0.944 bits per heavy atom. The summed E-state index contributed by atoms with van der Waals surface area (Å²) in [5.74, 6) is 0. The van der Waals surface area contributed by atoms with Gasteiger partial charge in [0.15, 0.2) is 0 Å². The van der Waals surface area contributed by atoms with Crippen molar-refractivity contribution in [2.75, 3.05) is 0 Å². The van der Waals surface area contributed by atoms with Gasteiger partial charge in [-0.05, 0) is 0 Å². The predicted octanol–water partition coefficient (Wildman–Crippen LogP) is 5.36. The van der Waals surface area contributed by atoms with Crippen molar-refractivity contribution >= 4 is 36.6 Å². The molecule has 0 aliphatic heterocycles. The van der Waals surface area contributed by atoms with E-state index in [9.17, 15) is 26.3 Å². The average Bonchev–Trinajstić information content (AvgIpc) is 3.36. The van der Waals surface area contributed by atoms with Crippen LogP contribution in [-0.2, 0) is 41.5 Å². The zero-order valence-corrected chi connectivity index (χ0v) is 22.0.